The van der Waals surface area contributed by atoms with Crippen LogP contribution in [0.15, 0.2) is 47.3 Å². The zero-order valence-electron chi connectivity index (χ0n) is 16.1. The van der Waals surface area contributed by atoms with Crippen LogP contribution in [-0.2, 0) is 13.1 Å². The zero-order valence-corrected chi connectivity index (χ0v) is 16.1. The van der Waals surface area contributed by atoms with Crippen LogP contribution in [0.5, 0.6) is 0 Å². The number of nitrogens with one attached hydrogen (secondary N) is 2. The number of nitrogen functional groups attached to an aromatic ring is 1. The fraction of sp³-hybridized carbons (Fsp3) is 0.286. The lowest BCUT2D eigenvalue weighted by atomic mass is 10.1. The summed E-state index contributed by atoms with van der Waals surface area (Å²) in [7, 11) is 0. The maximum atomic E-state index is 12.5. The van der Waals surface area contributed by atoms with Gasteiger partial charge in [-0.15, -0.1) is 0 Å². The standard InChI is InChI=1S/C21H24N6O/c1-13(2)9-10-26-18-8-7-14(20(22)23)11-16(18)24-19(26)12-27-17-6-4-3-5-15(17)25-21(27)28/h3-8,11,13H,9-10,12H2,1-2H3,(H3,22,23)(H,25,28). The van der Waals surface area contributed by atoms with Crippen LogP contribution in [0.25, 0.3) is 22.1 Å². The van der Waals surface area contributed by atoms with Crippen molar-refractivity contribution in [3.05, 3.63) is 64.3 Å². The van der Waals surface area contributed by atoms with Crippen LogP contribution in [-0.4, -0.2) is 24.9 Å². The maximum Gasteiger partial charge on any atom is 0.326 e. The van der Waals surface area contributed by atoms with Crippen molar-refractivity contribution in [3.63, 3.8) is 0 Å². The predicted octanol–water partition coefficient (Wildman–Crippen LogP) is 3.06. The van der Waals surface area contributed by atoms with E-state index in [-0.39, 0.29) is 11.5 Å². The van der Waals surface area contributed by atoms with Crippen LogP contribution in [0.2, 0.25) is 0 Å². The first-order chi connectivity index (χ1) is 13.4. The fourth-order valence-electron chi connectivity index (χ4n) is 3.51. The molecule has 28 heavy (non-hydrogen) atoms. The quantitative estimate of drug-likeness (QED) is 0.356. The third kappa shape index (κ3) is 3.19. The Kier molecular flexibility index (Phi) is 4.50. The van der Waals surface area contributed by atoms with E-state index >= 15 is 0 Å². The van der Waals surface area contributed by atoms with Crippen molar-refractivity contribution in [2.45, 2.75) is 33.4 Å². The molecule has 4 rings (SSSR count). The fourth-order valence-corrected chi connectivity index (χ4v) is 3.51. The normalized spacial score (nSPS) is 11.7. The molecule has 0 saturated heterocycles. The van der Waals surface area contributed by atoms with Gasteiger partial charge in [0.15, 0.2) is 0 Å². The van der Waals surface area contributed by atoms with E-state index in [9.17, 15) is 4.79 Å². The van der Waals surface area contributed by atoms with Crippen molar-refractivity contribution >= 4 is 27.9 Å². The first-order valence-electron chi connectivity index (χ1n) is 9.45. The lowest BCUT2D eigenvalue weighted by Gasteiger charge is -2.12. The molecule has 7 nitrogen and oxygen atoms in total. The predicted molar refractivity (Wildman–Crippen MR) is 112 cm³/mol. The van der Waals surface area contributed by atoms with E-state index in [0.29, 0.717) is 18.0 Å². The summed E-state index contributed by atoms with van der Waals surface area (Å²) in [5.41, 5.74) is 9.61. The first kappa shape index (κ1) is 18.0. The average Bonchev–Trinajstić information content (AvgIpc) is 3.16. The lowest BCUT2D eigenvalue weighted by molar-refractivity contribution is 0.507. The summed E-state index contributed by atoms with van der Waals surface area (Å²) in [6, 6.07) is 13.3. The lowest BCUT2D eigenvalue weighted by Crippen LogP contribution is -2.20. The van der Waals surface area contributed by atoms with Crippen molar-refractivity contribution < 1.29 is 0 Å². The molecule has 0 bridgehead atoms. The highest BCUT2D eigenvalue weighted by atomic mass is 16.1. The molecule has 0 atom stereocenters. The summed E-state index contributed by atoms with van der Waals surface area (Å²) < 4.78 is 3.89. The minimum atomic E-state index is -0.145. The van der Waals surface area contributed by atoms with Crippen LogP contribution in [0.4, 0.5) is 0 Å². The number of hydrogen-bond acceptors (Lipinski definition) is 3. The summed E-state index contributed by atoms with van der Waals surface area (Å²) in [4.78, 5) is 20.2. The third-order valence-corrected chi connectivity index (χ3v) is 5.05. The Morgan fingerprint density at radius 1 is 1.18 bits per heavy atom. The Hall–Kier alpha value is -3.35. The Balaban J connectivity index is 1.84. The highest BCUT2D eigenvalue weighted by Crippen LogP contribution is 2.21. The number of rotatable bonds is 6. The number of para-hydroxylation sites is 2. The van der Waals surface area contributed by atoms with Crippen LogP contribution in [0.3, 0.4) is 0 Å². The molecule has 0 aliphatic carbocycles. The number of hydrogen-bond donors (Lipinski definition) is 3. The largest absolute Gasteiger partial charge is 0.384 e. The summed E-state index contributed by atoms with van der Waals surface area (Å²) in [5.74, 6) is 1.40. The highest BCUT2D eigenvalue weighted by molar-refractivity contribution is 5.98. The summed E-state index contributed by atoms with van der Waals surface area (Å²) in [5, 5.41) is 7.68. The van der Waals surface area contributed by atoms with Gasteiger partial charge in [0.25, 0.3) is 0 Å². The Labute approximate surface area is 162 Å². The second-order valence-corrected chi connectivity index (χ2v) is 7.51. The molecule has 0 unspecified atom stereocenters. The van der Waals surface area contributed by atoms with Gasteiger partial charge in [-0.25, -0.2) is 9.78 Å². The van der Waals surface area contributed by atoms with Gasteiger partial charge >= 0.3 is 5.69 Å². The van der Waals surface area contributed by atoms with E-state index in [1.54, 1.807) is 4.57 Å². The van der Waals surface area contributed by atoms with Gasteiger partial charge in [-0.1, -0.05) is 26.0 Å². The molecule has 0 aliphatic rings. The Bertz CT molecular complexity index is 1230. The van der Waals surface area contributed by atoms with E-state index in [2.05, 4.69) is 23.4 Å². The van der Waals surface area contributed by atoms with Gasteiger partial charge in [0.05, 0.1) is 28.6 Å². The van der Waals surface area contributed by atoms with E-state index < -0.39 is 0 Å². The van der Waals surface area contributed by atoms with Crippen molar-refractivity contribution in [3.8, 4) is 0 Å². The zero-order chi connectivity index (χ0) is 19.8. The number of nitrogens with zero attached hydrogens (tertiary/aromatic N) is 3. The van der Waals surface area contributed by atoms with Gasteiger partial charge in [0.1, 0.15) is 11.7 Å². The second-order valence-electron chi connectivity index (χ2n) is 7.51. The SMILES string of the molecule is CC(C)CCn1c(Cn2c(=O)[nH]c3ccccc32)nc2cc(C(=N)N)ccc21. The molecule has 0 amide bonds. The maximum absolute atomic E-state index is 12.5. The van der Waals surface area contributed by atoms with Crippen LogP contribution >= 0.6 is 0 Å². The molecule has 2 aromatic carbocycles. The smallest absolute Gasteiger partial charge is 0.326 e. The van der Waals surface area contributed by atoms with E-state index in [4.69, 9.17) is 16.1 Å². The van der Waals surface area contributed by atoms with Crippen LogP contribution in [0.1, 0.15) is 31.7 Å². The number of H-pyrrole nitrogens is 1. The van der Waals surface area contributed by atoms with Gasteiger partial charge in [0, 0.05) is 12.1 Å². The van der Waals surface area contributed by atoms with Crippen LogP contribution in [0, 0.1) is 11.3 Å². The molecule has 0 fully saturated rings. The minimum Gasteiger partial charge on any atom is -0.384 e. The molecule has 2 aromatic heterocycles. The molecular weight excluding hydrogens is 352 g/mol. The molecular formula is C21H24N6O. The van der Waals surface area contributed by atoms with Gasteiger partial charge in [0.2, 0.25) is 0 Å². The van der Waals surface area contributed by atoms with E-state index in [1.807, 2.05) is 42.5 Å². The number of amidine groups is 1. The summed E-state index contributed by atoms with van der Waals surface area (Å²) in [6.45, 7) is 5.58. The monoisotopic (exact) mass is 376 g/mol. The second kappa shape index (κ2) is 6.99. The van der Waals surface area contributed by atoms with Crippen molar-refractivity contribution in [2.75, 3.05) is 0 Å². The average molecular weight is 376 g/mol. The Morgan fingerprint density at radius 2 is 1.96 bits per heavy atom. The van der Waals surface area contributed by atoms with Crippen molar-refractivity contribution in [1.82, 2.24) is 19.1 Å². The first-order valence-corrected chi connectivity index (χ1v) is 9.45. The number of aryl methyl sites for hydroxylation is 1. The Morgan fingerprint density at radius 3 is 2.71 bits per heavy atom. The molecule has 144 valence electrons. The summed E-state index contributed by atoms with van der Waals surface area (Å²) >= 11 is 0. The molecule has 0 radical (unpaired) electrons. The molecule has 2 heterocycles. The number of imidazole rings is 2. The van der Waals surface area contributed by atoms with Crippen LogP contribution < -0.4 is 11.4 Å². The topological polar surface area (TPSA) is 105 Å². The third-order valence-electron chi connectivity index (χ3n) is 5.05. The van der Waals surface area contributed by atoms with Gasteiger partial charge in [-0.05, 0) is 42.7 Å². The molecule has 0 spiro atoms. The van der Waals surface area contributed by atoms with Gasteiger partial charge < -0.3 is 15.3 Å². The number of nitrogens with two attached hydrogens (primary N) is 1. The van der Waals surface area contributed by atoms with Crippen molar-refractivity contribution in [1.29, 1.82) is 5.41 Å². The summed E-state index contributed by atoms with van der Waals surface area (Å²) in [6.07, 6.45) is 1.01. The number of benzene rings is 2. The molecule has 4 N–H and O–H groups in total. The molecule has 4 aromatic rings. The van der Waals surface area contributed by atoms with Crippen molar-refractivity contribution in [2.24, 2.45) is 11.7 Å². The number of aromatic amines is 1. The molecule has 0 aliphatic heterocycles. The highest BCUT2D eigenvalue weighted by Gasteiger charge is 2.15. The minimum absolute atomic E-state index is 0.0213. The molecule has 7 heteroatoms. The molecule has 0 saturated carbocycles. The number of fused-ring (bicyclic) bond motifs is 2. The van der Waals surface area contributed by atoms with Gasteiger partial charge in [-0.2, -0.15) is 0 Å². The van der Waals surface area contributed by atoms with Gasteiger partial charge in [-0.3, -0.25) is 9.98 Å². The number of aromatic nitrogens is 4. The van der Waals surface area contributed by atoms with E-state index in [0.717, 1.165) is 40.9 Å². The van der Waals surface area contributed by atoms with E-state index in [1.165, 1.54) is 0 Å².